The zero-order chi connectivity index (χ0) is 10.8. The van der Waals surface area contributed by atoms with E-state index in [4.69, 9.17) is 27.9 Å². The van der Waals surface area contributed by atoms with Crippen LogP contribution >= 0.6 is 23.2 Å². The van der Waals surface area contributed by atoms with E-state index in [0.29, 0.717) is 23.1 Å². The van der Waals surface area contributed by atoms with Gasteiger partial charge in [0.05, 0.1) is 12.6 Å². The first kappa shape index (κ1) is 10.6. The molecule has 0 unspecified atom stereocenters. The fraction of sp³-hybridized carbons (Fsp3) is 0.300. The fourth-order valence-electron chi connectivity index (χ4n) is 1.54. The molecule has 1 N–H and O–H groups in total. The van der Waals surface area contributed by atoms with E-state index in [1.807, 2.05) is 6.07 Å². The highest BCUT2D eigenvalue weighted by Crippen LogP contribution is 2.29. The van der Waals surface area contributed by atoms with Crippen molar-refractivity contribution in [1.82, 2.24) is 5.32 Å². The second-order valence-corrected chi connectivity index (χ2v) is 4.13. The second-order valence-electron chi connectivity index (χ2n) is 3.29. The molecule has 1 aliphatic heterocycles. The van der Waals surface area contributed by atoms with Crippen molar-refractivity contribution in [3.05, 3.63) is 33.8 Å². The topological polar surface area (TPSA) is 38.3 Å². The third-order valence-electron chi connectivity index (χ3n) is 2.27. The van der Waals surface area contributed by atoms with E-state index < -0.39 is 6.09 Å². The first-order chi connectivity index (χ1) is 7.16. The number of halogens is 2. The lowest BCUT2D eigenvalue weighted by Gasteiger charge is -2.24. The Bertz CT molecular complexity index is 395. The molecule has 0 aliphatic carbocycles. The molecule has 1 fully saturated rings. The van der Waals surface area contributed by atoms with Crippen LogP contribution in [-0.2, 0) is 4.74 Å². The molecule has 1 saturated heterocycles. The van der Waals surface area contributed by atoms with Gasteiger partial charge in [0.1, 0.15) is 0 Å². The van der Waals surface area contributed by atoms with E-state index in [2.05, 4.69) is 5.32 Å². The molecule has 1 atom stereocenters. The number of rotatable bonds is 1. The Morgan fingerprint density at radius 1 is 1.40 bits per heavy atom. The summed E-state index contributed by atoms with van der Waals surface area (Å²) < 4.78 is 4.77. The minimum Gasteiger partial charge on any atom is -0.449 e. The third kappa shape index (κ3) is 2.36. The van der Waals surface area contributed by atoms with Gasteiger partial charge in [-0.2, -0.15) is 0 Å². The summed E-state index contributed by atoms with van der Waals surface area (Å²) in [5, 5.41) is 3.85. The Morgan fingerprint density at radius 3 is 2.87 bits per heavy atom. The molecule has 3 nitrogen and oxygen atoms in total. The Balaban J connectivity index is 2.24. The quantitative estimate of drug-likeness (QED) is 0.826. The number of carbonyl (C=O) groups excluding carboxylic acids is 1. The van der Waals surface area contributed by atoms with Gasteiger partial charge in [-0.05, 0) is 17.7 Å². The van der Waals surface area contributed by atoms with Crippen LogP contribution in [0.1, 0.15) is 18.0 Å². The molecule has 0 spiro atoms. The number of amides is 1. The molecular weight excluding hydrogens is 237 g/mol. The van der Waals surface area contributed by atoms with Gasteiger partial charge in [-0.1, -0.05) is 29.3 Å². The molecular formula is C10H9Cl2NO2. The molecule has 80 valence electrons. The molecule has 0 bridgehead atoms. The van der Waals surface area contributed by atoms with Crippen molar-refractivity contribution in [1.29, 1.82) is 0 Å². The Hall–Kier alpha value is -0.930. The van der Waals surface area contributed by atoms with Crippen molar-refractivity contribution in [2.45, 2.75) is 12.5 Å². The standard InChI is InChI=1S/C10H9Cl2NO2/c11-6-1-2-7(8(12)5-6)9-3-4-15-10(14)13-9/h1-2,5,9H,3-4H2,(H,13,14)/t9-/m1/s1. The smallest absolute Gasteiger partial charge is 0.407 e. The SMILES string of the molecule is O=C1N[C@@H](c2ccc(Cl)cc2Cl)CCO1. The molecule has 0 aromatic heterocycles. The molecule has 1 amide bonds. The lowest BCUT2D eigenvalue weighted by molar-refractivity contribution is 0.115. The van der Waals surface area contributed by atoms with Crippen molar-refractivity contribution in [2.75, 3.05) is 6.61 Å². The highest BCUT2D eigenvalue weighted by atomic mass is 35.5. The van der Waals surface area contributed by atoms with Crippen molar-refractivity contribution in [3.8, 4) is 0 Å². The second kappa shape index (κ2) is 4.29. The number of hydrogen-bond donors (Lipinski definition) is 1. The predicted octanol–water partition coefficient (Wildman–Crippen LogP) is 3.16. The third-order valence-corrected chi connectivity index (χ3v) is 2.83. The van der Waals surface area contributed by atoms with Crippen LogP contribution < -0.4 is 5.32 Å². The maximum Gasteiger partial charge on any atom is 0.407 e. The largest absolute Gasteiger partial charge is 0.449 e. The number of cyclic esters (lactones) is 1. The van der Waals surface area contributed by atoms with Gasteiger partial charge in [-0.25, -0.2) is 4.79 Å². The zero-order valence-corrected chi connectivity index (χ0v) is 9.31. The van der Waals surface area contributed by atoms with Crippen LogP contribution in [0.2, 0.25) is 10.0 Å². The first-order valence-corrected chi connectivity index (χ1v) is 5.30. The Labute approximate surface area is 97.3 Å². The molecule has 0 radical (unpaired) electrons. The highest BCUT2D eigenvalue weighted by molar-refractivity contribution is 6.35. The van der Waals surface area contributed by atoms with Gasteiger partial charge in [-0.3, -0.25) is 0 Å². The number of nitrogens with one attached hydrogen (secondary N) is 1. The molecule has 5 heteroatoms. The monoisotopic (exact) mass is 245 g/mol. The maximum absolute atomic E-state index is 11.0. The van der Waals surface area contributed by atoms with E-state index in [0.717, 1.165) is 5.56 Å². The van der Waals surface area contributed by atoms with E-state index in [9.17, 15) is 4.79 Å². The van der Waals surface area contributed by atoms with Gasteiger partial charge >= 0.3 is 6.09 Å². The summed E-state index contributed by atoms with van der Waals surface area (Å²) in [6, 6.07) is 5.15. The van der Waals surface area contributed by atoms with Gasteiger partial charge in [-0.15, -0.1) is 0 Å². The van der Waals surface area contributed by atoms with Gasteiger partial charge in [0.15, 0.2) is 0 Å². The van der Waals surface area contributed by atoms with Crippen molar-refractivity contribution in [2.24, 2.45) is 0 Å². The predicted molar refractivity (Wildman–Crippen MR) is 58.3 cm³/mol. The van der Waals surface area contributed by atoms with Crippen LogP contribution in [0.5, 0.6) is 0 Å². The Morgan fingerprint density at radius 2 is 2.20 bits per heavy atom. The Kier molecular flexibility index (Phi) is 3.03. The molecule has 1 heterocycles. The summed E-state index contributed by atoms with van der Waals surface area (Å²) in [5.41, 5.74) is 0.873. The van der Waals surface area contributed by atoms with Crippen LogP contribution in [0.3, 0.4) is 0 Å². The minimum absolute atomic E-state index is 0.0870. The van der Waals surface area contributed by atoms with Crippen molar-refractivity contribution >= 4 is 29.3 Å². The lowest BCUT2D eigenvalue weighted by atomic mass is 10.0. The normalized spacial score (nSPS) is 20.7. The van der Waals surface area contributed by atoms with E-state index >= 15 is 0 Å². The molecule has 1 aromatic rings. The molecule has 0 saturated carbocycles. The first-order valence-electron chi connectivity index (χ1n) is 4.55. The summed E-state index contributed by atoms with van der Waals surface area (Å²) in [5.74, 6) is 0. The number of hydrogen-bond acceptors (Lipinski definition) is 2. The van der Waals surface area contributed by atoms with Crippen LogP contribution in [-0.4, -0.2) is 12.7 Å². The molecule has 2 rings (SSSR count). The molecule has 1 aromatic carbocycles. The van der Waals surface area contributed by atoms with Crippen molar-refractivity contribution < 1.29 is 9.53 Å². The van der Waals surface area contributed by atoms with Crippen molar-refractivity contribution in [3.63, 3.8) is 0 Å². The van der Waals surface area contributed by atoms with E-state index in [1.165, 1.54) is 0 Å². The van der Waals surface area contributed by atoms with Gasteiger partial charge in [0, 0.05) is 16.5 Å². The lowest BCUT2D eigenvalue weighted by Crippen LogP contribution is -2.35. The molecule has 15 heavy (non-hydrogen) atoms. The number of alkyl carbamates (subject to hydrolysis) is 1. The average Bonchev–Trinajstić information content (AvgIpc) is 2.17. The summed E-state index contributed by atoms with van der Waals surface area (Å²) in [6.45, 7) is 0.412. The van der Waals surface area contributed by atoms with E-state index in [1.54, 1.807) is 12.1 Å². The minimum atomic E-state index is -0.405. The number of benzene rings is 1. The van der Waals surface area contributed by atoms with Crippen LogP contribution in [0.15, 0.2) is 18.2 Å². The van der Waals surface area contributed by atoms with E-state index in [-0.39, 0.29) is 6.04 Å². The summed E-state index contributed by atoms with van der Waals surface area (Å²) in [6.07, 6.45) is 0.310. The van der Waals surface area contributed by atoms with Gasteiger partial charge in [0.25, 0.3) is 0 Å². The highest BCUT2D eigenvalue weighted by Gasteiger charge is 2.22. The zero-order valence-electron chi connectivity index (χ0n) is 7.80. The number of carbonyl (C=O) groups is 1. The van der Waals surface area contributed by atoms with Gasteiger partial charge in [0.2, 0.25) is 0 Å². The number of ether oxygens (including phenoxy) is 1. The summed E-state index contributed by atoms with van der Waals surface area (Å²) in [7, 11) is 0. The summed E-state index contributed by atoms with van der Waals surface area (Å²) in [4.78, 5) is 11.0. The molecule has 1 aliphatic rings. The van der Waals surface area contributed by atoms with Gasteiger partial charge < -0.3 is 10.1 Å². The average molecular weight is 246 g/mol. The summed E-state index contributed by atoms with van der Waals surface area (Å²) >= 11 is 11.8. The fourth-order valence-corrected chi connectivity index (χ4v) is 2.08. The van der Waals surface area contributed by atoms with Crippen LogP contribution in [0.4, 0.5) is 4.79 Å². The van der Waals surface area contributed by atoms with Crippen LogP contribution in [0.25, 0.3) is 0 Å². The van der Waals surface area contributed by atoms with Crippen LogP contribution in [0, 0.1) is 0 Å². The maximum atomic E-state index is 11.0.